The largest absolute Gasteiger partial charge is 0.397 e. The van der Waals surface area contributed by atoms with Gasteiger partial charge in [0, 0.05) is 0 Å². The van der Waals surface area contributed by atoms with E-state index in [0.29, 0.717) is 24.4 Å². The Morgan fingerprint density at radius 3 is 3.00 bits per heavy atom. The van der Waals surface area contributed by atoms with Crippen molar-refractivity contribution in [2.45, 2.75) is 19.4 Å². The molecule has 4 nitrogen and oxygen atoms in total. The number of benzene rings is 1. The first-order valence-electron chi connectivity index (χ1n) is 5.53. The van der Waals surface area contributed by atoms with Gasteiger partial charge >= 0.3 is 0 Å². The molecular weight excluding hydrogens is 223 g/mol. The molecule has 1 heterocycles. The monoisotopic (exact) mass is 238 g/mol. The minimum Gasteiger partial charge on any atom is -0.397 e. The van der Waals surface area contributed by atoms with Crippen LogP contribution in [0.3, 0.4) is 0 Å². The Kier molecular flexibility index (Phi) is 3.28. The smallest absolute Gasteiger partial charge is 0.229 e. The number of anilines is 2. The second-order valence-electron chi connectivity index (χ2n) is 4.30. The molecule has 0 saturated carbocycles. The quantitative estimate of drug-likeness (QED) is 0.772. The van der Waals surface area contributed by atoms with E-state index in [0.717, 1.165) is 0 Å². The lowest BCUT2D eigenvalue weighted by Crippen LogP contribution is -2.23. The van der Waals surface area contributed by atoms with Gasteiger partial charge in [0.25, 0.3) is 0 Å². The van der Waals surface area contributed by atoms with Crippen LogP contribution in [0.5, 0.6) is 0 Å². The van der Waals surface area contributed by atoms with Crippen molar-refractivity contribution < 1.29 is 13.9 Å². The molecule has 0 bridgehead atoms. The van der Waals surface area contributed by atoms with Crippen molar-refractivity contribution in [1.29, 1.82) is 0 Å². The third kappa shape index (κ3) is 2.74. The number of nitrogens with one attached hydrogen (secondary N) is 1. The summed E-state index contributed by atoms with van der Waals surface area (Å²) in [4.78, 5) is 11.9. The second-order valence-corrected chi connectivity index (χ2v) is 4.30. The zero-order valence-corrected chi connectivity index (χ0v) is 9.57. The Labute approximate surface area is 98.9 Å². The van der Waals surface area contributed by atoms with Gasteiger partial charge in [-0.2, -0.15) is 0 Å². The van der Waals surface area contributed by atoms with Crippen LogP contribution in [0, 0.1) is 11.7 Å². The van der Waals surface area contributed by atoms with Gasteiger partial charge in [0.05, 0.1) is 30.0 Å². The predicted molar refractivity (Wildman–Crippen MR) is 63.0 cm³/mol. The summed E-state index contributed by atoms with van der Waals surface area (Å²) in [5.74, 6) is -0.787. The average molecular weight is 238 g/mol. The van der Waals surface area contributed by atoms with Gasteiger partial charge in [-0.15, -0.1) is 0 Å². The van der Waals surface area contributed by atoms with Gasteiger partial charge in [-0.1, -0.05) is 0 Å². The van der Waals surface area contributed by atoms with Crippen molar-refractivity contribution in [1.82, 2.24) is 0 Å². The maximum absolute atomic E-state index is 13.0. The number of ether oxygens (including phenoxy) is 1. The van der Waals surface area contributed by atoms with Crippen molar-refractivity contribution in [3.8, 4) is 0 Å². The zero-order chi connectivity index (χ0) is 12.4. The van der Waals surface area contributed by atoms with E-state index in [9.17, 15) is 9.18 Å². The molecule has 1 aliphatic rings. The second kappa shape index (κ2) is 4.71. The lowest BCUT2D eigenvalue weighted by Gasteiger charge is -2.11. The van der Waals surface area contributed by atoms with Crippen molar-refractivity contribution in [2.24, 2.45) is 5.92 Å². The molecule has 17 heavy (non-hydrogen) atoms. The van der Waals surface area contributed by atoms with E-state index in [1.54, 1.807) is 0 Å². The molecule has 1 saturated heterocycles. The van der Waals surface area contributed by atoms with E-state index >= 15 is 0 Å². The first-order chi connectivity index (χ1) is 8.06. The summed E-state index contributed by atoms with van der Waals surface area (Å²) >= 11 is 0. The summed E-state index contributed by atoms with van der Waals surface area (Å²) in [6, 6.07) is 3.90. The minimum absolute atomic E-state index is 0.0932. The van der Waals surface area contributed by atoms with Crippen LogP contribution in [0.25, 0.3) is 0 Å². The van der Waals surface area contributed by atoms with Crippen LogP contribution in [0.1, 0.15) is 13.3 Å². The molecule has 0 spiro atoms. The Morgan fingerprint density at radius 1 is 1.59 bits per heavy atom. The predicted octanol–water partition coefficient (Wildman–Crippen LogP) is 1.77. The van der Waals surface area contributed by atoms with E-state index in [1.807, 2.05) is 6.92 Å². The Hall–Kier alpha value is -1.62. The van der Waals surface area contributed by atoms with Gasteiger partial charge < -0.3 is 15.8 Å². The van der Waals surface area contributed by atoms with Crippen molar-refractivity contribution in [3.63, 3.8) is 0 Å². The number of nitrogen functional groups attached to an aromatic ring is 1. The van der Waals surface area contributed by atoms with Crippen LogP contribution in [0.2, 0.25) is 0 Å². The van der Waals surface area contributed by atoms with Gasteiger partial charge in [0.15, 0.2) is 0 Å². The van der Waals surface area contributed by atoms with Gasteiger partial charge in [-0.3, -0.25) is 4.79 Å². The van der Waals surface area contributed by atoms with E-state index < -0.39 is 5.82 Å². The molecule has 1 aromatic carbocycles. The fourth-order valence-corrected chi connectivity index (χ4v) is 1.87. The average Bonchev–Trinajstić information content (AvgIpc) is 2.70. The van der Waals surface area contributed by atoms with E-state index in [4.69, 9.17) is 10.5 Å². The highest BCUT2D eigenvalue weighted by Gasteiger charge is 2.28. The highest BCUT2D eigenvalue weighted by Crippen LogP contribution is 2.24. The number of carbonyl (C=O) groups excluding carboxylic acids is 1. The lowest BCUT2D eigenvalue weighted by molar-refractivity contribution is -0.119. The highest BCUT2D eigenvalue weighted by atomic mass is 19.1. The van der Waals surface area contributed by atoms with Crippen LogP contribution in [0.15, 0.2) is 18.2 Å². The molecule has 92 valence electrons. The number of nitrogens with two attached hydrogens (primary N) is 1. The molecule has 2 unspecified atom stereocenters. The molecule has 2 rings (SSSR count). The highest BCUT2D eigenvalue weighted by molar-refractivity contribution is 5.95. The molecule has 1 aliphatic heterocycles. The molecule has 0 aliphatic carbocycles. The van der Waals surface area contributed by atoms with Gasteiger partial charge in [-0.25, -0.2) is 4.39 Å². The summed E-state index contributed by atoms with van der Waals surface area (Å²) in [5, 5.41) is 2.63. The Balaban J connectivity index is 2.05. The molecule has 0 radical (unpaired) electrons. The minimum atomic E-state index is -0.425. The first kappa shape index (κ1) is 11.9. The number of carbonyl (C=O) groups is 1. The Morgan fingerprint density at radius 2 is 2.35 bits per heavy atom. The molecule has 0 aromatic heterocycles. The van der Waals surface area contributed by atoms with Crippen LogP contribution < -0.4 is 11.1 Å². The summed E-state index contributed by atoms with van der Waals surface area (Å²) in [7, 11) is 0. The molecule has 1 amide bonds. The fraction of sp³-hybridized carbons (Fsp3) is 0.417. The summed E-state index contributed by atoms with van der Waals surface area (Å²) in [6.45, 7) is 2.33. The van der Waals surface area contributed by atoms with E-state index in [2.05, 4.69) is 5.32 Å². The van der Waals surface area contributed by atoms with E-state index in [-0.39, 0.29) is 17.9 Å². The standard InChI is InChI=1S/C12H15FN2O2/c1-7-4-8(6-17-7)12(16)15-11-5-9(13)2-3-10(11)14/h2-3,5,7-8H,4,6,14H2,1H3,(H,15,16). The fourth-order valence-electron chi connectivity index (χ4n) is 1.87. The van der Waals surface area contributed by atoms with Crippen LogP contribution in [-0.4, -0.2) is 18.6 Å². The summed E-state index contributed by atoms with van der Waals surface area (Å²) in [6.07, 6.45) is 0.775. The topological polar surface area (TPSA) is 64.4 Å². The Bertz CT molecular complexity index is 437. The van der Waals surface area contributed by atoms with Gasteiger partial charge in [0.2, 0.25) is 5.91 Å². The molecule has 2 atom stereocenters. The zero-order valence-electron chi connectivity index (χ0n) is 9.57. The number of halogens is 1. The number of hydrogen-bond acceptors (Lipinski definition) is 3. The van der Waals surface area contributed by atoms with Crippen LogP contribution in [-0.2, 0) is 9.53 Å². The van der Waals surface area contributed by atoms with Gasteiger partial charge in [-0.05, 0) is 31.5 Å². The number of rotatable bonds is 2. The molecular formula is C12H15FN2O2. The number of hydrogen-bond donors (Lipinski definition) is 2. The van der Waals surface area contributed by atoms with Crippen molar-refractivity contribution in [2.75, 3.05) is 17.7 Å². The molecule has 5 heteroatoms. The van der Waals surface area contributed by atoms with E-state index in [1.165, 1.54) is 18.2 Å². The van der Waals surface area contributed by atoms with Crippen molar-refractivity contribution in [3.05, 3.63) is 24.0 Å². The molecule has 3 N–H and O–H groups in total. The maximum atomic E-state index is 13.0. The van der Waals surface area contributed by atoms with Crippen LogP contribution in [0.4, 0.5) is 15.8 Å². The first-order valence-corrected chi connectivity index (χ1v) is 5.53. The lowest BCUT2D eigenvalue weighted by atomic mass is 10.1. The maximum Gasteiger partial charge on any atom is 0.229 e. The van der Waals surface area contributed by atoms with Crippen molar-refractivity contribution >= 4 is 17.3 Å². The SMILES string of the molecule is CC1CC(C(=O)Nc2cc(F)ccc2N)CO1. The third-order valence-corrected chi connectivity index (χ3v) is 2.84. The summed E-state index contributed by atoms with van der Waals surface area (Å²) < 4.78 is 18.3. The molecule has 1 fully saturated rings. The third-order valence-electron chi connectivity index (χ3n) is 2.84. The van der Waals surface area contributed by atoms with Gasteiger partial charge in [0.1, 0.15) is 5.82 Å². The summed E-state index contributed by atoms with van der Waals surface area (Å²) in [5.41, 5.74) is 6.32. The molecule has 1 aromatic rings. The number of amides is 1. The van der Waals surface area contributed by atoms with Crippen LogP contribution >= 0.6 is 0 Å². The normalized spacial score (nSPS) is 23.6.